The van der Waals surface area contributed by atoms with Crippen LogP contribution in [0.4, 0.5) is 0 Å². The highest BCUT2D eigenvalue weighted by Gasteiger charge is 2.21. The van der Waals surface area contributed by atoms with Gasteiger partial charge in [0, 0.05) is 18.7 Å². The quantitative estimate of drug-likeness (QED) is 0.699. The molecule has 0 aliphatic carbocycles. The van der Waals surface area contributed by atoms with Crippen molar-refractivity contribution < 1.29 is 15.0 Å². The number of carbonyl (C=O) groups is 1. The van der Waals surface area contributed by atoms with Gasteiger partial charge in [0.15, 0.2) is 0 Å². The van der Waals surface area contributed by atoms with Crippen LogP contribution in [0.15, 0.2) is 11.4 Å². The summed E-state index contributed by atoms with van der Waals surface area (Å²) in [7, 11) is 0. The Bertz CT molecular complexity index is 378. The molecule has 1 heterocycles. The summed E-state index contributed by atoms with van der Waals surface area (Å²) in [5, 5.41) is 23.1. The van der Waals surface area contributed by atoms with E-state index in [0.717, 1.165) is 12.0 Å². The van der Waals surface area contributed by atoms with E-state index in [-0.39, 0.29) is 12.1 Å². The van der Waals surface area contributed by atoms with E-state index in [0.29, 0.717) is 17.8 Å². The number of rotatable bonds is 7. The monoisotopic (exact) mass is 257 g/mol. The summed E-state index contributed by atoms with van der Waals surface area (Å²) in [5.41, 5.74) is 0.659. The van der Waals surface area contributed by atoms with Crippen LogP contribution in [0.5, 0.6) is 0 Å². The lowest BCUT2D eigenvalue weighted by Gasteiger charge is -2.29. The van der Waals surface area contributed by atoms with Crippen LogP contribution < -0.4 is 5.32 Å². The van der Waals surface area contributed by atoms with Gasteiger partial charge in [-0.25, -0.2) is 4.79 Å². The van der Waals surface area contributed by atoms with E-state index in [1.165, 1.54) is 11.3 Å². The maximum absolute atomic E-state index is 10.9. The van der Waals surface area contributed by atoms with Crippen LogP contribution >= 0.6 is 11.3 Å². The van der Waals surface area contributed by atoms with E-state index in [1.807, 2.05) is 19.9 Å². The molecule has 0 saturated heterocycles. The lowest BCUT2D eigenvalue weighted by molar-refractivity contribution is 0.0700. The number of hydrogen-bond acceptors (Lipinski definition) is 4. The Labute approximate surface area is 105 Å². The Hall–Kier alpha value is -0.910. The van der Waals surface area contributed by atoms with Crippen LogP contribution in [0.25, 0.3) is 0 Å². The number of thiophene rings is 1. The molecule has 4 nitrogen and oxygen atoms in total. The number of hydrogen-bond donors (Lipinski definition) is 3. The summed E-state index contributed by atoms with van der Waals surface area (Å²) in [6.07, 6.45) is 1.55. The molecule has 0 bridgehead atoms. The molecule has 0 spiro atoms. The minimum atomic E-state index is -0.878. The maximum atomic E-state index is 10.9. The zero-order valence-corrected chi connectivity index (χ0v) is 11.0. The molecule has 0 fully saturated rings. The molecule has 0 aromatic carbocycles. The summed E-state index contributed by atoms with van der Waals surface area (Å²) in [6.45, 7) is 4.74. The zero-order valence-electron chi connectivity index (χ0n) is 10.2. The number of aliphatic hydroxyl groups is 1. The Balaban J connectivity index is 2.66. The minimum absolute atomic E-state index is 0.132. The summed E-state index contributed by atoms with van der Waals surface area (Å²) in [6, 6.07) is 1.83. The fourth-order valence-corrected chi connectivity index (χ4v) is 2.37. The van der Waals surface area contributed by atoms with Crippen molar-refractivity contribution in [2.24, 2.45) is 0 Å². The summed E-state index contributed by atoms with van der Waals surface area (Å²) in [5.74, 6) is -0.878. The van der Waals surface area contributed by atoms with Gasteiger partial charge < -0.3 is 15.5 Å². The third-order valence-corrected chi connectivity index (χ3v) is 4.04. The summed E-state index contributed by atoms with van der Waals surface area (Å²) < 4.78 is 0. The van der Waals surface area contributed by atoms with Gasteiger partial charge in [-0.05, 0) is 36.8 Å². The van der Waals surface area contributed by atoms with E-state index in [4.69, 9.17) is 10.2 Å². The predicted molar refractivity (Wildman–Crippen MR) is 68.5 cm³/mol. The van der Waals surface area contributed by atoms with Crippen molar-refractivity contribution in [1.82, 2.24) is 5.32 Å². The number of aromatic carboxylic acids is 1. The average molecular weight is 257 g/mol. The van der Waals surface area contributed by atoms with Crippen LogP contribution in [-0.2, 0) is 6.54 Å². The number of carboxylic acid groups (broad SMARTS) is 1. The van der Waals surface area contributed by atoms with Crippen molar-refractivity contribution in [1.29, 1.82) is 0 Å². The van der Waals surface area contributed by atoms with Crippen molar-refractivity contribution in [3.63, 3.8) is 0 Å². The van der Waals surface area contributed by atoms with Crippen LogP contribution in [0.1, 0.15) is 41.9 Å². The molecular weight excluding hydrogens is 238 g/mol. The van der Waals surface area contributed by atoms with E-state index in [9.17, 15) is 4.79 Å². The first-order valence-corrected chi connectivity index (χ1v) is 6.56. The molecular formula is C12H19NO3S. The van der Waals surface area contributed by atoms with Gasteiger partial charge in [0.1, 0.15) is 4.88 Å². The van der Waals surface area contributed by atoms with Crippen molar-refractivity contribution in [3.8, 4) is 0 Å². The van der Waals surface area contributed by atoms with Gasteiger partial charge in [0.2, 0.25) is 0 Å². The van der Waals surface area contributed by atoms with Crippen LogP contribution in [-0.4, -0.2) is 28.3 Å². The van der Waals surface area contributed by atoms with Crippen molar-refractivity contribution >= 4 is 17.3 Å². The van der Waals surface area contributed by atoms with Gasteiger partial charge in [-0.3, -0.25) is 0 Å². The van der Waals surface area contributed by atoms with Gasteiger partial charge in [-0.2, -0.15) is 0 Å². The van der Waals surface area contributed by atoms with E-state index >= 15 is 0 Å². The molecule has 0 saturated carbocycles. The fourth-order valence-electron chi connectivity index (χ4n) is 1.61. The van der Waals surface area contributed by atoms with Gasteiger partial charge >= 0.3 is 5.97 Å². The number of carboxylic acids is 1. The molecule has 17 heavy (non-hydrogen) atoms. The number of nitrogens with one attached hydrogen (secondary N) is 1. The lowest BCUT2D eigenvalue weighted by atomic mass is 9.94. The van der Waals surface area contributed by atoms with Crippen LogP contribution in [0, 0.1) is 0 Å². The van der Waals surface area contributed by atoms with Crippen molar-refractivity contribution in [2.45, 2.75) is 38.8 Å². The molecule has 96 valence electrons. The first-order valence-electron chi connectivity index (χ1n) is 5.68. The minimum Gasteiger partial charge on any atom is -0.477 e. The molecule has 0 radical (unpaired) electrons. The zero-order chi connectivity index (χ0) is 12.9. The van der Waals surface area contributed by atoms with Gasteiger partial charge in [-0.1, -0.05) is 6.92 Å². The molecule has 1 atom stereocenters. The largest absolute Gasteiger partial charge is 0.477 e. The van der Waals surface area contributed by atoms with Crippen LogP contribution in [0.3, 0.4) is 0 Å². The molecule has 5 heteroatoms. The second kappa shape index (κ2) is 6.14. The average Bonchev–Trinajstić information content (AvgIpc) is 2.75. The Kier molecular flexibility index (Phi) is 5.11. The highest BCUT2D eigenvalue weighted by atomic mass is 32.1. The molecule has 0 aliphatic heterocycles. The highest BCUT2D eigenvalue weighted by molar-refractivity contribution is 7.12. The van der Waals surface area contributed by atoms with Gasteiger partial charge in [-0.15, -0.1) is 11.3 Å². The molecule has 1 aromatic rings. The first kappa shape index (κ1) is 14.2. The third kappa shape index (κ3) is 3.80. The SMILES string of the molecule is CCC(C)(CCO)NCc1ccsc1C(=O)O. The van der Waals surface area contributed by atoms with Crippen molar-refractivity contribution in [3.05, 3.63) is 21.9 Å². The Morgan fingerprint density at radius 2 is 2.29 bits per heavy atom. The lowest BCUT2D eigenvalue weighted by Crippen LogP contribution is -2.42. The van der Waals surface area contributed by atoms with Crippen molar-refractivity contribution in [2.75, 3.05) is 6.61 Å². The maximum Gasteiger partial charge on any atom is 0.346 e. The standard InChI is InChI=1S/C12H19NO3S/c1-3-12(2,5-6-14)13-8-9-4-7-17-10(9)11(15)16/h4,7,13-14H,3,5-6,8H2,1-2H3,(H,15,16). The highest BCUT2D eigenvalue weighted by Crippen LogP contribution is 2.19. The molecule has 3 N–H and O–H groups in total. The fraction of sp³-hybridized carbons (Fsp3) is 0.583. The molecule has 0 aliphatic rings. The Morgan fingerprint density at radius 3 is 2.82 bits per heavy atom. The van der Waals surface area contributed by atoms with E-state index in [1.54, 1.807) is 5.38 Å². The Morgan fingerprint density at radius 1 is 1.59 bits per heavy atom. The third-order valence-electron chi connectivity index (χ3n) is 3.09. The smallest absolute Gasteiger partial charge is 0.346 e. The summed E-state index contributed by atoms with van der Waals surface area (Å²) >= 11 is 1.24. The van der Waals surface area contributed by atoms with E-state index in [2.05, 4.69) is 5.32 Å². The van der Waals surface area contributed by atoms with Gasteiger partial charge in [0.05, 0.1) is 0 Å². The van der Waals surface area contributed by atoms with E-state index < -0.39 is 5.97 Å². The molecule has 0 amide bonds. The topological polar surface area (TPSA) is 69.6 Å². The first-order chi connectivity index (χ1) is 8.02. The molecule has 1 rings (SSSR count). The second-order valence-corrected chi connectivity index (χ2v) is 5.24. The summed E-state index contributed by atoms with van der Waals surface area (Å²) in [4.78, 5) is 11.3. The molecule has 1 aromatic heterocycles. The van der Waals surface area contributed by atoms with Gasteiger partial charge in [0.25, 0.3) is 0 Å². The molecule has 1 unspecified atom stereocenters. The normalized spacial score (nSPS) is 14.5. The van der Waals surface area contributed by atoms with Crippen LogP contribution in [0.2, 0.25) is 0 Å². The number of aliphatic hydroxyl groups excluding tert-OH is 1. The predicted octanol–water partition coefficient (Wildman–Crippen LogP) is 2.09. The second-order valence-electron chi connectivity index (χ2n) is 4.32.